The molecule has 2 rings (SSSR count). The van der Waals surface area contributed by atoms with Crippen LogP contribution in [0, 0.1) is 0 Å². The van der Waals surface area contributed by atoms with E-state index in [1.54, 1.807) is 19.2 Å². The number of hydrogen-bond acceptors (Lipinski definition) is 2. The summed E-state index contributed by atoms with van der Waals surface area (Å²) in [4.78, 5) is 12.3. The number of benzene rings is 2. The molecule has 0 fully saturated rings. The number of amides is 1. The van der Waals surface area contributed by atoms with Crippen LogP contribution in [0.1, 0.15) is 15.9 Å². The van der Waals surface area contributed by atoms with Crippen molar-refractivity contribution in [2.75, 3.05) is 17.7 Å². The van der Waals surface area contributed by atoms with Gasteiger partial charge in [0, 0.05) is 17.8 Å². The van der Waals surface area contributed by atoms with Gasteiger partial charge in [0.05, 0.1) is 21.8 Å². The lowest BCUT2D eigenvalue weighted by Crippen LogP contribution is -2.15. The maximum Gasteiger partial charge on any atom is 0.416 e. The first kappa shape index (κ1) is 17.4. The second-order valence-corrected chi connectivity index (χ2v) is 5.43. The molecule has 2 aromatic carbocycles. The number of hydrogen-bond donors (Lipinski definition) is 2. The van der Waals surface area contributed by atoms with Crippen molar-refractivity contribution < 1.29 is 18.0 Å². The van der Waals surface area contributed by atoms with Gasteiger partial charge in [-0.25, -0.2) is 0 Å². The first-order valence-corrected chi connectivity index (χ1v) is 7.13. The molecule has 8 heteroatoms. The number of nitrogens with one attached hydrogen (secondary N) is 2. The Morgan fingerprint density at radius 2 is 1.70 bits per heavy atom. The zero-order valence-electron chi connectivity index (χ0n) is 11.8. The molecule has 3 nitrogen and oxygen atoms in total. The minimum atomic E-state index is -4.50. The Bertz CT molecular complexity index is 748. The Balaban J connectivity index is 2.29. The molecule has 0 spiro atoms. The lowest BCUT2D eigenvalue weighted by atomic mass is 10.1. The average Bonchev–Trinajstić information content (AvgIpc) is 2.48. The maximum absolute atomic E-state index is 12.6. The number of carbonyl (C=O) groups is 1. The molecule has 122 valence electrons. The molecule has 2 aromatic rings. The van der Waals surface area contributed by atoms with E-state index in [0.717, 1.165) is 18.2 Å². The molecule has 0 aliphatic heterocycles. The van der Waals surface area contributed by atoms with Crippen LogP contribution in [0.2, 0.25) is 10.0 Å². The van der Waals surface area contributed by atoms with E-state index in [0.29, 0.717) is 10.7 Å². The average molecular weight is 363 g/mol. The minimum Gasteiger partial charge on any atom is -0.387 e. The van der Waals surface area contributed by atoms with Gasteiger partial charge in [0.25, 0.3) is 5.91 Å². The third-order valence-corrected chi connectivity index (χ3v) is 3.59. The van der Waals surface area contributed by atoms with Crippen molar-refractivity contribution in [1.29, 1.82) is 0 Å². The SMILES string of the molecule is CNc1ccc(Cl)cc1C(=O)Nc1ccc(C(F)(F)F)cc1Cl. The van der Waals surface area contributed by atoms with Crippen LogP contribution in [0.25, 0.3) is 0 Å². The van der Waals surface area contributed by atoms with Gasteiger partial charge in [-0.05, 0) is 36.4 Å². The summed E-state index contributed by atoms with van der Waals surface area (Å²) in [6, 6.07) is 7.38. The van der Waals surface area contributed by atoms with Crippen LogP contribution in [-0.4, -0.2) is 13.0 Å². The third-order valence-electron chi connectivity index (χ3n) is 3.04. The summed E-state index contributed by atoms with van der Waals surface area (Å²) in [6.45, 7) is 0. The Kier molecular flexibility index (Phi) is 5.06. The lowest BCUT2D eigenvalue weighted by Gasteiger charge is -2.13. The smallest absolute Gasteiger partial charge is 0.387 e. The first-order chi connectivity index (χ1) is 10.7. The highest BCUT2D eigenvalue weighted by Gasteiger charge is 2.31. The summed E-state index contributed by atoms with van der Waals surface area (Å²) >= 11 is 11.7. The second-order valence-electron chi connectivity index (χ2n) is 4.59. The van der Waals surface area contributed by atoms with Gasteiger partial charge in [-0.1, -0.05) is 23.2 Å². The molecule has 0 bridgehead atoms. The number of rotatable bonds is 3. The Morgan fingerprint density at radius 3 is 2.26 bits per heavy atom. The zero-order chi connectivity index (χ0) is 17.2. The van der Waals surface area contributed by atoms with Gasteiger partial charge in [-0.3, -0.25) is 4.79 Å². The second kappa shape index (κ2) is 6.68. The highest BCUT2D eigenvalue weighted by molar-refractivity contribution is 6.34. The number of carbonyl (C=O) groups excluding carboxylic acids is 1. The highest BCUT2D eigenvalue weighted by Crippen LogP contribution is 2.34. The van der Waals surface area contributed by atoms with E-state index in [4.69, 9.17) is 23.2 Å². The van der Waals surface area contributed by atoms with Gasteiger partial charge in [-0.2, -0.15) is 13.2 Å². The van der Waals surface area contributed by atoms with E-state index < -0.39 is 17.6 Å². The zero-order valence-corrected chi connectivity index (χ0v) is 13.3. The van der Waals surface area contributed by atoms with E-state index >= 15 is 0 Å². The number of alkyl halides is 3. The number of halogens is 5. The van der Waals surface area contributed by atoms with Crippen LogP contribution >= 0.6 is 23.2 Å². The molecule has 0 aliphatic carbocycles. The van der Waals surface area contributed by atoms with E-state index in [1.165, 1.54) is 6.07 Å². The molecule has 0 saturated carbocycles. The van der Waals surface area contributed by atoms with Crippen LogP contribution in [-0.2, 0) is 6.18 Å². The van der Waals surface area contributed by atoms with E-state index in [-0.39, 0.29) is 16.3 Å². The van der Waals surface area contributed by atoms with Gasteiger partial charge in [0.2, 0.25) is 0 Å². The van der Waals surface area contributed by atoms with Gasteiger partial charge in [0.1, 0.15) is 0 Å². The van der Waals surface area contributed by atoms with Crippen molar-refractivity contribution in [3.8, 4) is 0 Å². The van der Waals surface area contributed by atoms with Crippen molar-refractivity contribution in [1.82, 2.24) is 0 Å². The fourth-order valence-corrected chi connectivity index (χ4v) is 2.30. The lowest BCUT2D eigenvalue weighted by molar-refractivity contribution is -0.137. The molecule has 1 amide bonds. The van der Waals surface area contributed by atoms with Crippen LogP contribution in [0.4, 0.5) is 24.5 Å². The molecule has 0 heterocycles. The van der Waals surface area contributed by atoms with Crippen LogP contribution in [0.15, 0.2) is 36.4 Å². The van der Waals surface area contributed by atoms with Crippen molar-refractivity contribution >= 4 is 40.5 Å². The molecule has 0 unspecified atom stereocenters. The normalized spacial score (nSPS) is 11.2. The fraction of sp³-hybridized carbons (Fsp3) is 0.133. The summed E-state index contributed by atoms with van der Waals surface area (Å²) in [6.07, 6.45) is -4.50. The molecule has 0 atom stereocenters. The standard InChI is InChI=1S/C15H11Cl2F3N2O/c1-21-12-5-3-9(16)7-10(12)14(23)22-13-4-2-8(6-11(13)17)15(18,19)20/h2-7,21H,1H3,(H,22,23). The Hall–Kier alpha value is -1.92. The highest BCUT2D eigenvalue weighted by atomic mass is 35.5. The minimum absolute atomic E-state index is 0.0756. The summed E-state index contributed by atoms with van der Waals surface area (Å²) < 4.78 is 37.8. The maximum atomic E-state index is 12.6. The number of anilines is 2. The van der Waals surface area contributed by atoms with Gasteiger partial charge >= 0.3 is 6.18 Å². The predicted octanol–water partition coefficient (Wildman–Crippen LogP) is 5.31. The molecule has 0 aromatic heterocycles. The van der Waals surface area contributed by atoms with Crippen molar-refractivity contribution in [2.24, 2.45) is 0 Å². The topological polar surface area (TPSA) is 41.1 Å². The quantitative estimate of drug-likeness (QED) is 0.776. The largest absolute Gasteiger partial charge is 0.416 e. The van der Waals surface area contributed by atoms with Gasteiger partial charge < -0.3 is 10.6 Å². The van der Waals surface area contributed by atoms with Crippen molar-refractivity contribution in [2.45, 2.75) is 6.18 Å². The van der Waals surface area contributed by atoms with Crippen LogP contribution in [0.5, 0.6) is 0 Å². The summed E-state index contributed by atoms with van der Waals surface area (Å²) in [7, 11) is 1.63. The Labute approximate surface area is 140 Å². The fourth-order valence-electron chi connectivity index (χ4n) is 1.90. The molecular formula is C15H11Cl2F3N2O. The molecule has 2 N–H and O–H groups in total. The monoisotopic (exact) mass is 362 g/mol. The molecule has 0 aliphatic rings. The molecule has 0 saturated heterocycles. The molecule has 23 heavy (non-hydrogen) atoms. The molecule has 0 radical (unpaired) electrons. The van der Waals surface area contributed by atoms with Crippen molar-refractivity contribution in [3.63, 3.8) is 0 Å². The van der Waals surface area contributed by atoms with E-state index in [1.807, 2.05) is 0 Å². The summed E-state index contributed by atoms with van der Waals surface area (Å²) in [5.41, 5.74) is -0.0447. The van der Waals surface area contributed by atoms with E-state index in [9.17, 15) is 18.0 Å². The van der Waals surface area contributed by atoms with Crippen LogP contribution < -0.4 is 10.6 Å². The molecular weight excluding hydrogens is 352 g/mol. The van der Waals surface area contributed by atoms with Crippen LogP contribution in [0.3, 0.4) is 0 Å². The first-order valence-electron chi connectivity index (χ1n) is 6.38. The van der Waals surface area contributed by atoms with Gasteiger partial charge in [0.15, 0.2) is 0 Å². The van der Waals surface area contributed by atoms with Gasteiger partial charge in [-0.15, -0.1) is 0 Å². The summed E-state index contributed by atoms with van der Waals surface area (Å²) in [5.74, 6) is -0.543. The Morgan fingerprint density at radius 1 is 1.04 bits per heavy atom. The van der Waals surface area contributed by atoms with Crippen molar-refractivity contribution in [3.05, 3.63) is 57.6 Å². The van der Waals surface area contributed by atoms with E-state index in [2.05, 4.69) is 10.6 Å². The summed E-state index contributed by atoms with van der Waals surface area (Å²) in [5, 5.41) is 5.45. The third kappa shape index (κ3) is 4.09. The predicted molar refractivity (Wildman–Crippen MR) is 85.4 cm³/mol.